The molecule has 0 aliphatic rings. The van der Waals surface area contributed by atoms with Crippen molar-refractivity contribution in [3.8, 4) is 11.5 Å². The zero-order chi connectivity index (χ0) is 16.4. The van der Waals surface area contributed by atoms with Gasteiger partial charge in [0.2, 0.25) is 0 Å². The minimum absolute atomic E-state index is 0.420. The topological polar surface area (TPSA) is 64.6 Å². The Labute approximate surface area is 131 Å². The quantitative estimate of drug-likeness (QED) is 0.865. The van der Waals surface area contributed by atoms with E-state index in [0.717, 1.165) is 0 Å². The number of benzene rings is 1. The van der Waals surface area contributed by atoms with Crippen LogP contribution in [-0.2, 0) is 9.84 Å². The maximum Gasteiger partial charge on any atom is 0.162 e. The molecule has 0 bridgehead atoms. The number of nitrogens with one attached hydrogen (secondary N) is 1. The van der Waals surface area contributed by atoms with Gasteiger partial charge in [0, 0.05) is 17.3 Å². The van der Waals surface area contributed by atoms with Crippen molar-refractivity contribution in [1.29, 1.82) is 0 Å². The Kier molecular flexibility index (Phi) is 5.52. The first-order chi connectivity index (χ1) is 9.60. The van der Waals surface area contributed by atoms with Crippen LogP contribution >= 0.6 is 11.6 Å². The highest BCUT2D eigenvalue weighted by Crippen LogP contribution is 2.40. The van der Waals surface area contributed by atoms with E-state index in [1.807, 2.05) is 0 Å². The molecule has 1 aromatic carbocycles. The van der Waals surface area contributed by atoms with Crippen LogP contribution in [0.2, 0.25) is 5.02 Å². The molecular weight excluding hydrogens is 314 g/mol. The van der Waals surface area contributed by atoms with Gasteiger partial charge >= 0.3 is 0 Å². The molecular formula is C14H22ClNO4S. The fraction of sp³-hybridized carbons (Fsp3) is 0.571. The molecule has 0 aliphatic heterocycles. The summed E-state index contributed by atoms with van der Waals surface area (Å²) in [4.78, 5) is 0. The van der Waals surface area contributed by atoms with Crippen molar-refractivity contribution < 1.29 is 17.9 Å². The van der Waals surface area contributed by atoms with Crippen LogP contribution in [0.3, 0.4) is 0 Å². The Morgan fingerprint density at radius 1 is 1.19 bits per heavy atom. The number of ether oxygens (including phenoxy) is 2. The lowest BCUT2D eigenvalue weighted by atomic mass is 9.94. The van der Waals surface area contributed by atoms with E-state index in [2.05, 4.69) is 5.32 Å². The minimum Gasteiger partial charge on any atom is -0.493 e. The van der Waals surface area contributed by atoms with E-state index < -0.39 is 20.6 Å². The summed E-state index contributed by atoms with van der Waals surface area (Å²) in [6.45, 7) is 3.33. The fourth-order valence-electron chi connectivity index (χ4n) is 2.18. The van der Waals surface area contributed by atoms with Crippen molar-refractivity contribution in [3.63, 3.8) is 0 Å². The summed E-state index contributed by atoms with van der Waals surface area (Å²) in [6, 6.07) is 2.84. The second-order valence-electron chi connectivity index (χ2n) is 5.33. The van der Waals surface area contributed by atoms with E-state index in [9.17, 15) is 8.42 Å². The zero-order valence-electron chi connectivity index (χ0n) is 13.2. The number of methoxy groups -OCH3 is 2. The Balaban J connectivity index is 3.49. The molecule has 0 heterocycles. The number of rotatable bonds is 6. The third-order valence-corrected chi connectivity index (χ3v) is 6.23. The van der Waals surface area contributed by atoms with Gasteiger partial charge in [-0.25, -0.2) is 8.42 Å². The molecule has 0 spiro atoms. The van der Waals surface area contributed by atoms with Crippen molar-refractivity contribution in [2.45, 2.75) is 24.6 Å². The Hall–Kier alpha value is -0.980. The van der Waals surface area contributed by atoms with Crippen LogP contribution in [0.1, 0.15) is 25.5 Å². The van der Waals surface area contributed by atoms with Gasteiger partial charge in [0.15, 0.2) is 21.3 Å². The monoisotopic (exact) mass is 335 g/mol. The number of hydrogen-bond acceptors (Lipinski definition) is 5. The van der Waals surface area contributed by atoms with E-state index in [4.69, 9.17) is 21.1 Å². The molecule has 0 aliphatic carbocycles. The first-order valence-electron chi connectivity index (χ1n) is 6.38. The predicted molar refractivity (Wildman–Crippen MR) is 85.3 cm³/mol. The molecule has 120 valence electrons. The van der Waals surface area contributed by atoms with Crippen LogP contribution in [0.4, 0.5) is 0 Å². The van der Waals surface area contributed by atoms with E-state index in [1.54, 1.807) is 33.0 Å². The third-order valence-electron chi connectivity index (χ3n) is 3.75. The molecule has 0 fully saturated rings. The molecule has 1 rings (SSSR count). The van der Waals surface area contributed by atoms with E-state index in [-0.39, 0.29) is 0 Å². The van der Waals surface area contributed by atoms with Crippen molar-refractivity contribution in [2.24, 2.45) is 0 Å². The molecule has 1 N–H and O–H groups in total. The number of sulfone groups is 1. The summed E-state index contributed by atoms with van der Waals surface area (Å²) in [5.41, 5.74) is 0.646. The van der Waals surface area contributed by atoms with Crippen LogP contribution in [-0.4, -0.2) is 40.7 Å². The lowest BCUT2D eigenvalue weighted by molar-refractivity contribution is 0.353. The average molecular weight is 336 g/mol. The molecule has 0 saturated heterocycles. The van der Waals surface area contributed by atoms with E-state index >= 15 is 0 Å². The first kappa shape index (κ1) is 18.1. The van der Waals surface area contributed by atoms with Crippen molar-refractivity contribution in [3.05, 3.63) is 22.7 Å². The Morgan fingerprint density at radius 3 is 2.05 bits per heavy atom. The van der Waals surface area contributed by atoms with Crippen LogP contribution in [0, 0.1) is 0 Å². The van der Waals surface area contributed by atoms with Gasteiger partial charge in [0.05, 0.1) is 25.0 Å². The molecule has 0 amide bonds. The molecule has 7 heteroatoms. The SMILES string of the molecule is CNC(c1cc(OC)c(OC)cc1Cl)C(C)(C)S(C)(=O)=O. The van der Waals surface area contributed by atoms with E-state index in [0.29, 0.717) is 22.1 Å². The summed E-state index contributed by atoms with van der Waals surface area (Å²) in [5.74, 6) is 1.000. The summed E-state index contributed by atoms with van der Waals surface area (Å²) in [5, 5.41) is 3.45. The van der Waals surface area contributed by atoms with Crippen molar-refractivity contribution >= 4 is 21.4 Å². The predicted octanol–water partition coefficient (Wildman–Crippen LogP) is 2.44. The van der Waals surface area contributed by atoms with Gasteiger partial charge in [-0.2, -0.15) is 0 Å². The maximum absolute atomic E-state index is 12.1. The highest BCUT2D eigenvalue weighted by molar-refractivity contribution is 7.92. The lowest BCUT2D eigenvalue weighted by Gasteiger charge is -2.33. The molecule has 0 aromatic heterocycles. The minimum atomic E-state index is -3.31. The number of halogens is 1. The lowest BCUT2D eigenvalue weighted by Crippen LogP contribution is -2.43. The van der Waals surface area contributed by atoms with Gasteiger partial charge in [-0.15, -0.1) is 0 Å². The summed E-state index contributed by atoms with van der Waals surface area (Å²) in [6.07, 6.45) is 1.21. The highest BCUT2D eigenvalue weighted by Gasteiger charge is 2.40. The van der Waals surface area contributed by atoms with Gasteiger partial charge in [0.25, 0.3) is 0 Å². The molecule has 1 unspecified atom stereocenters. The molecule has 5 nitrogen and oxygen atoms in total. The molecule has 0 radical (unpaired) electrons. The zero-order valence-corrected chi connectivity index (χ0v) is 14.7. The Morgan fingerprint density at radius 2 is 1.67 bits per heavy atom. The van der Waals surface area contributed by atoms with Gasteiger partial charge < -0.3 is 14.8 Å². The molecule has 1 atom stereocenters. The maximum atomic E-state index is 12.1. The van der Waals surface area contributed by atoms with Crippen LogP contribution in [0.5, 0.6) is 11.5 Å². The van der Waals surface area contributed by atoms with Gasteiger partial charge in [-0.3, -0.25) is 0 Å². The molecule has 21 heavy (non-hydrogen) atoms. The second-order valence-corrected chi connectivity index (χ2v) is 8.33. The standard InChI is InChI=1S/C14H22ClNO4S/c1-14(2,21(6,17)18)13(16-3)9-7-11(19-4)12(20-5)8-10(9)15/h7-8,13,16H,1-6H3. The third kappa shape index (κ3) is 3.44. The van der Waals surface area contributed by atoms with Crippen LogP contribution in [0.25, 0.3) is 0 Å². The average Bonchev–Trinajstić information content (AvgIpc) is 2.39. The normalized spacial score (nSPS) is 13.9. The van der Waals surface area contributed by atoms with E-state index in [1.165, 1.54) is 20.5 Å². The molecule has 1 aromatic rings. The fourth-order valence-corrected chi connectivity index (χ4v) is 3.12. The van der Waals surface area contributed by atoms with Gasteiger partial charge in [-0.1, -0.05) is 11.6 Å². The van der Waals surface area contributed by atoms with Crippen molar-refractivity contribution in [2.75, 3.05) is 27.5 Å². The van der Waals surface area contributed by atoms with Crippen LogP contribution in [0.15, 0.2) is 12.1 Å². The second kappa shape index (κ2) is 6.42. The van der Waals surface area contributed by atoms with Gasteiger partial charge in [0.1, 0.15) is 0 Å². The highest BCUT2D eigenvalue weighted by atomic mass is 35.5. The van der Waals surface area contributed by atoms with Crippen molar-refractivity contribution in [1.82, 2.24) is 5.32 Å². The number of hydrogen-bond donors (Lipinski definition) is 1. The summed E-state index contributed by atoms with van der Waals surface area (Å²) in [7, 11) is 1.43. The largest absolute Gasteiger partial charge is 0.493 e. The molecule has 0 saturated carbocycles. The Bertz CT molecular complexity index is 614. The first-order valence-corrected chi connectivity index (χ1v) is 8.65. The van der Waals surface area contributed by atoms with Gasteiger partial charge in [-0.05, 0) is 32.5 Å². The summed E-state index contributed by atoms with van der Waals surface area (Å²) >= 11 is 6.30. The van der Waals surface area contributed by atoms with Crippen LogP contribution < -0.4 is 14.8 Å². The smallest absolute Gasteiger partial charge is 0.162 e. The summed E-state index contributed by atoms with van der Waals surface area (Å²) < 4.78 is 33.6.